The lowest BCUT2D eigenvalue weighted by molar-refractivity contribution is 0.0921. The minimum atomic E-state index is -3.42. The minimum Gasteiger partial charge on any atom is -0.377 e. The Morgan fingerprint density at radius 2 is 2.10 bits per heavy atom. The van der Waals surface area contributed by atoms with E-state index in [2.05, 4.69) is 0 Å². The summed E-state index contributed by atoms with van der Waals surface area (Å²) in [5.41, 5.74) is 0. The molecule has 0 radical (unpaired) electrons. The third-order valence-corrected chi connectivity index (χ3v) is 6.65. The summed E-state index contributed by atoms with van der Waals surface area (Å²) in [7, 11) is -3.42. The molecule has 0 aromatic rings. The molecular weight excluding hydrogens is 300 g/mol. The normalized spacial score (nSPS) is 29.1. The van der Waals surface area contributed by atoms with Crippen molar-refractivity contribution in [3.05, 3.63) is 0 Å². The van der Waals surface area contributed by atoms with Crippen LogP contribution in [0.3, 0.4) is 0 Å². The molecular formula is C13H25ClN2O3S. The molecule has 2 fully saturated rings. The summed E-state index contributed by atoms with van der Waals surface area (Å²) in [5.74, 6) is 0.372. The van der Waals surface area contributed by atoms with Crippen molar-refractivity contribution in [2.75, 3.05) is 32.1 Å². The average molecular weight is 325 g/mol. The van der Waals surface area contributed by atoms with Gasteiger partial charge in [0.25, 0.3) is 10.2 Å². The van der Waals surface area contributed by atoms with Crippen LogP contribution in [0.5, 0.6) is 0 Å². The molecule has 0 amide bonds. The number of hydrogen-bond acceptors (Lipinski definition) is 3. The first-order valence-electron chi connectivity index (χ1n) is 7.54. The van der Waals surface area contributed by atoms with Crippen LogP contribution in [-0.4, -0.2) is 61.3 Å². The standard InChI is InChI=1S/C13H25ClN2O3S/c1-2-15(11-13-7-5-9-19-13)20(17,18)16-8-4-3-6-12(16)10-14/h12-13H,2-11H2,1H3. The molecule has 0 aromatic carbocycles. The maximum absolute atomic E-state index is 12.8. The highest BCUT2D eigenvalue weighted by molar-refractivity contribution is 7.86. The van der Waals surface area contributed by atoms with Gasteiger partial charge in [0.15, 0.2) is 0 Å². The molecule has 2 saturated heterocycles. The molecule has 20 heavy (non-hydrogen) atoms. The summed E-state index contributed by atoms with van der Waals surface area (Å²) >= 11 is 5.95. The lowest BCUT2D eigenvalue weighted by atomic mass is 10.1. The smallest absolute Gasteiger partial charge is 0.282 e. The lowest BCUT2D eigenvalue weighted by Crippen LogP contribution is -2.52. The van der Waals surface area contributed by atoms with Crippen molar-refractivity contribution in [2.45, 2.75) is 51.2 Å². The lowest BCUT2D eigenvalue weighted by Gasteiger charge is -2.37. The van der Waals surface area contributed by atoms with Gasteiger partial charge in [-0.2, -0.15) is 17.0 Å². The van der Waals surface area contributed by atoms with Gasteiger partial charge < -0.3 is 4.74 Å². The minimum absolute atomic E-state index is 0.0453. The van der Waals surface area contributed by atoms with Crippen molar-refractivity contribution in [3.63, 3.8) is 0 Å². The van der Waals surface area contributed by atoms with Crippen molar-refractivity contribution in [1.29, 1.82) is 0 Å². The number of halogens is 1. The topological polar surface area (TPSA) is 49.9 Å². The summed E-state index contributed by atoms with van der Waals surface area (Å²) in [4.78, 5) is 0. The Hall–Kier alpha value is 0.120. The fraction of sp³-hybridized carbons (Fsp3) is 1.00. The van der Waals surface area contributed by atoms with E-state index >= 15 is 0 Å². The van der Waals surface area contributed by atoms with Gasteiger partial charge in [-0.1, -0.05) is 13.3 Å². The molecule has 2 heterocycles. The second-order valence-corrected chi connectivity index (χ2v) is 7.70. The van der Waals surface area contributed by atoms with E-state index < -0.39 is 10.2 Å². The van der Waals surface area contributed by atoms with Crippen LogP contribution in [0, 0.1) is 0 Å². The maximum Gasteiger partial charge on any atom is 0.282 e. The Kier molecular flexibility index (Phi) is 6.10. The number of likely N-dealkylation sites (N-methyl/N-ethyl adjacent to an activating group) is 1. The van der Waals surface area contributed by atoms with E-state index in [1.807, 2.05) is 6.92 Å². The first-order valence-corrected chi connectivity index (χ1v) is 9.47. The zero-order valence-corrected chi connectivity index (χ0v) is 13.7. The molecule has 0 bridgehead atoms. The van der Waals surface area contributed by atoms with Gasteiger partial charge in [-0.3, -0.25) is 0 Å². The molecule has 0 aliphatic carbocycles. The van der Waals surface area contributed by atoms with Crippen molar-refractivity contribution < 1.29 is 13.2 Å². The third-order valence-electron chi connectivity index (χ3n) is 4.16. The van der Waals surface area contributed by atoms with Crippen molar-refractivity contribution >= 4 is 21.8 Å². The second-order valence-electron chi connectivity index (χ2n) is 5.51. The van der Waals surface area contributed by atoms with E-state index in [-0.39, 0.29) is 12.1 Å². The van der Waals surface area contributed by atoms with Crippen LogP contribution in [-0.2, 0) is 14.9 Å². The fourth-order valence-electron chi connectivity index (χ4n) is 2.98. The highest BCUT2D eigenvalue weighted by atomic mass is 35.5. The number of nitrogens with zero attached hydrogens (tertiary/aromatic N) is 2. The van der Waals surface area contributed by atoms with Gasteiger partial charge in [0.2, 0.25) is 0 Å². The Labute approximate surface area is 127 Å². The molecule has 2 rings (SSSR count). The number of ether oxygens (including phenoxy) is 1. The number of hydrogen-bond donors (Lipinski definition) is 0. The predicted octanol–water partition coefficient (Wildman–Crippen LogP) is 1.83. The molecule has 0 spiro atoms. The monoisotopic (exact) mass is 324 g/mol. The number of rotatable bonds is 6. The Morgan fingerprint density at radius 1 is 1.30 bits per heavy atom. The molecule has 0 aromatic heterocycles. The Morgan fingerprint density at radius 3 is 2.70 bits per heavy atom. The highest BCUT2D eigenvalue weighted by Crippen LogP contribution is 2.24. The first-order chi connectivity index (χ1) is 9.59. The quantitative estimate of drug-likeness (QED) is 0.700. The fourth-order valence-corrected chi connectivity index (χ4v) is 5.28. The van der Waals surface area contributed by atoms with Crippen molar-refractivity contribution in [3.8, 4) is 0 Å². The number of alkyl halides is 1. The molecule has 0 saturated carbocycles. The van der Waals surface area contributed by atoms with Gasteiger partial charge in [-0.05, 0) is 25.7 Å². The zero-order chi connectivity index (χ0) is 14.6. The SMILES string of the molecule is CCN(CC1CCCO1)S(=O)(=O)N1CCCCC1CCl. The predicted molar refractivity (Wildman–Crippen MR) is 80.2 cm³/mol. The van der Waals surface area contributed by atoms with Gasteiger partial charge in [0.05, 0.1) is 6.10 Å². The van der Waals surface area contributed by atoms with E-state index in [9.17, 15) is 8.42 Å². The summed E-state index contributed by atoms with van der Waals surface area (Å²) in [6.45, 7) is 4.15. The molecule has 118 valence electrons. The van der Waals surface area contributed by atoms with Crippen LogP contribution in [0.2, 0.25) is 0 Å². The van der Waals surface area contributed by atoms with Crippen LogP contribution < -0.4 is 0 Å². The van der Waals surface area contributed by atoms with Gasteiger partial charge in [0.1, 0.15) is 0 Å². The number of piperidine rings is 1. The van der Waals surface area contributed by atoms with E-state index in [0.29, 0.717) is 25.5 Å². The Bertz CT molecular complexity index is 398. The highest BCUT2D eigenvalue weighted by Gasteiger charge is 2.36. The summed E-state index contributed by atoms with van der Waals surface area (Å²) in [6, 6.07) is -0.0611. The molecule has 2 atom stereocenters. The van der Waals surface area contributed by atoms with Gasteiger partial charge in [0, 0.05) is 38.2 Å². The van der Waals surface area contributed by atoms with E-state index in [4.69, 9.17) is 16.3 Å². The van der Waals surface area contributed by atoms with E-state index in [1.54, 1.807) is 8.61 Å². The molecule has 2 unspecified atom stereocenters. The Balaban J connectivity index is 2.08. The molecule has 2 aliphatic rings. The molecule has 0 N–H and O–H groups in total. The maximum atomic E-state index is 12.8. The van der Waals surface area contributed by atoms with Crippen LogP contribution in [0.4, 0.5) is 0 Å². The summed E-state index contributed by atoms with van der Waals surface area (Å²) in [5, 5.41) is 0. The molecule has 7 heteroatoms. The largest absolute Gasteiger partial charge is 0.377 e. The third kappa shape index (κ3) is 3.65. The van der Waals surface area contributed by atoms with Crippen LogP contribution >= 0.6 is 11.6 Å². The second kappa shape index (κ2) is 7.40. The van der Waals surface area contributed by atoms with E-state index in [1.165, 1.54) is 0 Å². The summed E-state index contributed by atoms with van der Waals surface area (Å²) < 4.78 is 34.3. The van der Waals surface area contributed by atoms with Gasteiger partial charge in [-0.25, -0.2) is 0 Å². The van der Waals surface area contributed by atoms with Crippen molar-refractivity contribution in [2.24, 2.45) is 0 Å². The van der Waals surface area contributed by atoms with Gasteiger partial charge >= 0.3 is 0 Å². The van der Waals surface area contributed by atoms with Crippen LogP contribution in [0.15, 0.2) is 0 Å². The van der Waals surface area contributed by atoms with Crippen molar-refractivity contribution in [1.82, 2.24) is 8.61 Å². The zero-order valence-electron chi connectivity index (χ0n) is 12.1. The van der Waals surface area contributed by atoms with Crippen LogP contribution in [0.1, 0.15) is 39.0 Å². The summed E-state index contributed by atoms with van der Waals surface area (Å²) in [6.07, 6.45) is 4.86. The average Bonchev–Trinajstić information content (AvgIpc) is 2.97. The van der Waals surface area contributed by atoms with E-state index in [0.717, 1.165) is 38.7 Å². The molecule has 5 nitrogen and oxygen atoms in total. The van der Waals surface area contributed by atoms with Gasteiger partial charge in [-0.15, -0.1) is 11.6 Å². The van der Waals surface area contributed by atoms with Crippen LogP contribution in [0.25, 0.3) is 0 Å². The first kappa shape index (κ1) is 16.5. The molecule has 2 aliphatic heterocycles.